The lowest BCUT2D eigenvalue weighted by atomic mass is 9.97. The van der Waals surface area contributed by atoms with E-state index in [2.05, 4.69) is 5.32 Å². The van der Waals surface area contributed by atoms with Gasteiger partial charge in [0.1, 0.15) is 5.54 Å². The molecule has 0 unspecified atom stereocenters. The Labute approximate surface area is 119 Å². The second kappa shape index (κ2) is 5.01. The third kappa shape index (κ3) is 2.35. The number of hydrogen-bond donors (Lipinski definition) is 1. The highest BCUT2D eigenvalue weighted by atomic mass is 35.5. The van der Waals surface area contributed by atoms with Gasteiger partial charge in [-0.15, -0.1) is 0 Å². The zero-order valence-corrected chi connectivity index (χ0v) is 11.7. The van der Waals surface area contributed by atoms with Gasteiger partial charge in [-0.3, -0.25) is 9.59 Å². The highest BCUT2D eigenvalue weighted by molar-refractivity contribution is 6.33. The molecule has 0 aromatic heterocycles. The van der Waals surface area contributed by atoms with Crippen molar-refractivity contribution in [3.05, 3.63) is 34.4 Å². The average molecular weight is 303 g/mol. The standard InChI is InChI=1S/C13H13ClF2N2O2/c1-13(2)12(20)17-3-4-18(13)11(19)7-5-9(15)10(16)6-8(7)14/h5-6H,3-4H2,1-2H3,(H,17,20). The van der Waals surface area contributed by atoms with Gasteiger partial charge >= 0.3 is 0 Å². The fourth-order valence-electron chi connectivity index (χ4n) is 2.09. The molecule has 1 aliphatic rings. The minimum absolute atomic E-state index is 0.159. The van der Waals surface area contributed by atoms with Gasteiger partial charge in [-0.1, -0.05) is 11.6 Å². The van der Waals surface area contributed by atoms with Crippen molar-refractivity contribution in [2.24, 2.45) is 0 Å². The first-order valence-electron chi connectivity index (χ1n) is 6.00. The van der Waals surface area contributed by atoms with E-state index in [-0.39, 0.29) is 23.0 Å². The number of amides is 2. The molecule has 1 aromatic rings. The SMILES string of the molecule is CC1(C)C(=O)NCCN1C(=O)c1cc(F)c(F)cc1Cl. The third-order valence-electron chi connectivity index (χ3n) is 3.34. The van der Waals surface area contributed by atoms with Gasteiger partial charge in [0, 0.05) is 13.1 Å². The van der Waals surface area contributed by atoms with E-state index in [4.69, 9.17) is 11.6 Å². The summed E-state index contributed by atoms with van der Waals surface area (Å²) in [5, 5.41) is 2.46. The first-order valence-corrected chi connectivity index (χ1v) is 6.37. The van der Waals surface area contributed by atoms with Gasteiger partial charge in [0.15, 0.2) is 11.6 Å². The van der Waals surface area contributed by atoms with Crippen LogP contribution >= 0.6 is 11.6 Å². The second-order valence-electron chi connectivity index (χ2n) is 5.02. The van der Waals surface area contributed by atoms with Crippen molar-refractivity contribution in [2.45, 2.75) is 19.4 Å². The number of piperazine rings is 1. The van der Waals surface area contributed by atoms with Gasteiger partial charge in [-0.25, -0.2) is 8.78 Å². The molecule has 108 valence electrons. The zero-order chi connectivity index (χ0) is 15.1. The minimum Gasteiger partial charge on any atom is -0.352 e. The molecule has 1 aromatic carbocycles. The maximum Gasteiger partial charge on any atom is 0.256 e. The van der Waals surface area contributed by atoms with Crippen molar-refractivity contribution in [1.29, 1.82) is 0 Å². The fourth-order valence-corrected chi connectivity index (χ4v) is 2.32. The fraction of sp³-hybridized carbons (Fsp3) is 0.385. The van der Waals surface area contributed by atoms with Crippen LogP contribution in [0.4, 0.5) is 8.78 Å². The zero-order valence-electron chi connectivity index (χ0n) is 11.0. The molecule has 1 saturated heterocycles. The Morgan fingerprint density at radius 3 is 2.60 bits per heavy atom. The summed E-state index contributed by atoms with van der Waals surface area (Å²) < 4.78 is 26.3. The summed E-state index contributed by atoms with van der Waals surface area (Å²) in [5.74, 6) is -3.19. The molecule has 2 amide bonds. The van der Waals surface area contributed by atoms with Gasteiger partial charge in [0.05, 0.1) is 10.6 Å². The molecule has 0 spiro atoms. The van der Waals surface area contributed by atoms with Crippen LogP contribution in [0.2, 0.25) is 5.02 Å². The first kappa shape index (κ1) is 14.7. The highest BCUT2D eigenvalue weighted by Gasteiger charge is 2.41. The Morgan fingerprint density at radius 1 is 1.35 bits per heavy atom. The Bertz CT molecular complexity index is 590. The Morgan fingerprint density at radius 2 is 1.95 bits per heavy atom. The number of benzene rings is 1. The van der Waals surface area contributed by atoms with E-state index in [1.54, 1.807) is 13.8 Å². The minimum atomic E-state index is -1.16. The molecule has 0 bridgehead atoms. The molecule has 0 saturated carbocycles. The summed E-state index contributed by atoms with van der Waals surface area (Å²) in [7, 11) is 0. The number of carbonyl (C=O) groups is 2. The van der Waals surface area contributed by atoms with E-state index >= 15 is 0 Å². The average Bonchev–Trinajstić information content (AvgIpc) is 2.36. The molecule has 1 heterocycles. The Kier molecular flexibility index (Phi) is 3.69. The van der Waals surface area contributed by atoms with Gasteiger partial charge in [0.25, 0.3) is 5.91 Å². The Balaban J connectivity index is 2.41. The lowest BCUT2D eigenvalue weighted by Gasteiger charge is -2.41. The number of hydrogen-bond acceptors (Lipinski definition) is 2. The molecule has 1 N–H and O–H groups in total. The van der Waals surface area contributed by atoms with Gasteiger partial charge in [-0.2, -0.15) is 0 Å². The largest absolute Gasteiger partial charge is 0.352 e. The van der Waals surface area contributed by atoms with Crippen LogP contribution in [0.1, 0.15) is 24.2 Å². The van der Waals surface area contributed by atoms with Crippen LogP contribution in [0, 0.1) is 11.6 Å². The number of rotatable bonds is 1. The molecular formula is C13H13ClF2N2O2. The van der Waals surface area contributed by atoms with Crippen LogP contribution in [-0.4, -0.2) is 35.3 Å². The van der Waals surface area contributed by atoms with Crippen LogP contribution in [0.25, 0.3) is 0 Å². The number of nitrogens with one attached hydrogen (secondary N) is 1. The van der Waals surface area contributed by atoms with E-state index in [9.17, 15) is 18.4 Å². The molecule has 0 radical (unpaired) electrons. The quantitative estimate of drug-likeness (QED) is 0.806. The van der Waals surface area contributed by atoms with Crippen molar-refractivity contribution in [3.63, 3.8) is 0 Å². The number of nitrogens with zero attached hydrogens (tertiary/aromatic N) is 1. The van der Waals surface area contributed by atoms with Crippen LogP contribution in [0.5, 0.6) is 0 Å². The lowest BCUT2D eigenvalue weighted by Crippen LogP contribution is -2.63. The van der Waals surface area contributed by atoms with E-state index in [0.717, 1.165) is 12.1 Å². The normalized spacial score (nSPS) is 17.9. The molecular weight excluding hydrogens is 290 g/mol. The molecule has 4 nitrogen and oxygen atoms in total. The number of halogens is 3. The molecule has 7 heteroatoms. The molecule has 20 heavy (non-hydrogen) atoms. The van der Waals surface area contributed by atoms with E-state index in [1.165, 1.54) is 4.90 Å². The van der Waals surface area contributed by atoms with Crippen LogP contribution < -0.4 is 5.32 Å². The topological polar surface area (TPSA) is 49.4 Å². The summed E-state index contributed by atoms with van der Waals surface area (Å²) in [6.07, 6.45) is 0. The predicted molar refractivity (Wildman–Crippen MR) is 69.5 cm³/mol. The van der Waals surface area contributed by atoms with Gasteiger partial charge in [0.2, 0.25) is 5.91 Å². The smallest absolute Gasteiger partial charge is 0.256 e. The summed E-state index contributed by atoms with van der Waals surface area (Å²) in [6, 6.07) is 1.50. The monoisotopic (exact) mass is 302 g/mol. The summed E-state index contributed by atoms with van der Waals surface area (Å²) in [4.78, 5) is 25.5. The molecule has 1 fully saturated rings. The van der Waals surface area contributed by atoms with Crippen LogP contribution in [0.3, 0.4) is 0 Å². The summed E-state index contributed by atoms with van der Waals surface area (Å²) >= 11 is 5.79. The van der Waals surface area contributed by atoms with E-state index in [0.29, 0.717) is 6.54 Å². The maximum atomic E-state index is 13.3. The Hall–Kier alpha value is -1.69. The number of carbonyl (C=O) groups excluding carboxylic acids is 2. The highest BCUT2D eigenvalue weighted by Crippen LogP contribution is 2.26. The maximum absolute atomic E-state index is 13.3. The second-order valence-corrected chi connectivity index (χ2v) is 5.43. The molecule has 1 aliphatic heterocycles. The lowest BCUT2D eigenvalue weighted by molar-refractivity contribution is -0.133. The van der Waals surface area contributed by atoms with Crippen molar-refractivity contribution in [1.82, 2.24) is 10.2 Å². The van der Waals surface area contributed by atoms with Crippen LogP contribution in [-0.2, 0) is 4.79 Å². The van der Waals surface area contributed by atoms with E-state index < -0.39 is 23.1 Å². The van der Waals surface area contributed by atoms with Gasteiger partial charge < -0.3 is 10.2 Å². The van der Waals surface area contributed by atoms with Crippen LogP contribution in [0.15, 0.2) is 12.1 Å². The molecule has 2 rings (SSSR count). The van der Waals surface area contributed by atoms with Crippen molar-refractivity contribution in [3.8, 4) is 0 Å². The summed E-state index contributed by atoms with van der Waals surface area (Å²) in [5.41, 5.74) is -1.24. The summed E-state index contributed by atoms with van der Waals surface area (Å²) in [6.45, 7) is 3.72. The molecule has 0 atom stereocenters. The van der Waals surface area contributed by atoms with Gasteiger partial charge in [-0.05, 0) is 26.0 Å². The van der Waals surface area contributed by atoms with E-state index in [1.807, 2.05) is 0 Å². The molecule has 0 aliphatic carbocycles. The van der Waals surface area contributed by atoms with Crippen molar-refractivity contribution in [2.75, 3.05) is 13.1 Å². The predicted octanol–water partition coefficient (Wildman–Crippen LogP) is 1.97. The third-order valence-corrected chi connectivity index (χ3v) is 3.65. The van der Waals surface area contributed by atoms with Crippen molar-refractivity contribution < 1.29 is 18.4 Å². The van der Waals surface area contributed by atoms with Crippen molar-refractivity contribution >= 4 is 23.4 Å². The first-order chi connectivity index (χ1) is 9.25.